The van der Waals surface area contributed by atoms with E-state index in [0.717, 1.165) is 25.1 Å². The fourth-order valence-corrected chi connectivity index (χ4v) is 2.51. The van der Waals surface area contributed by atoms with Crippen LogP contribution in [0.25, 0.3) is 0 Å². The molecule has 110 valence electrons. The molecule has 4 heteroatoms. The number of hydrogen-bond acceptors (Lipinski definition) is 4. The third-order valence-electron chi connectivity index (χ3n) is 3.41. The smallest absolute Gasteiger partial charge is 0.0635 e. The van der Waals surface area contributed by atoms with E-state index in [-0.39, 0.29) is 12.1 Å². The van der Waals surface area contributed by atoms with Crippen LogP contribution in [0.1, 0.15) is 45.2 Å². The molecular weight excluding hydrogens is 248 g/mol. The predicted molar refractivity (Wildman–Crippen MR) is 81.9 cm³/mol. The molecule has 0 saturated carbocycles. The van der Waals surface area contributed by atoms with Crippen LogP contribution in [-0.2, 0) is 0 Å². The fourth-order valence-electron chi connectivity index (χ4n) is 2.51. The average Bonchev–Trinajstić information content (AvgIpc) is 2.45. The third-order valence-corrected chi connectivity index (χ3v) is 3.41. The van der Waals surface area contributed by atoms with Gasteiger partial charge in [-0.05, 0) is 24.0 Å². The SMILES string of the molecule is CCC(N)C(c1cccnc1)N(CCC#N)CC(C)C. The highest BCUT2D eigenvalue weighted by Crippen LogP contribution is 2.25. The summed E-state index contributed by atoms with van der Waals surface area (Å²) in [6.07, 6.45) is 5.10. The van der Waals surface area contributed by atoms with Crippen LogP contribution in [0, 0.1) is 17.2 Å². The average molecular weight is 274 g/mol. The molecule has 0 aromatic carbocycles. The van der Waals surface area contributed by atoms with Crippen LogP contribution in [0.15, 0.2) is 24.5 Å². The molecule has 2 atom stereocenters. The second-order valence-electron chi connectivity index (χ2n) is 5.60. The summed E-state index contributed by atoms with van der Waals surface area (Å²) >= 11 is 0. The molecule has 0 amide bonds. The number of nitrogens with two attached hydrogens (primary N) is 1. The Hall–Kier alpha value is -1.44. The summed E-state index contributed by atoms with van der Waals surface area (Å²) in [5, 5.41) is 8.88. The van der Waals surface area contributed by atoms with Crippen LogP contribution < -0.4 is 5.73 Å². The Labute approximate surface area is 122 Å². The molecule has 2 N–H and O–H groups in total. The third kappa shape index (κ3) is 4.92. The highest BCUT2D eigenvalue weighted by molar-refractivity contribution is 5.16. The van der Waals surface area contributed by atoms with Crippen molar-refractivity contribution in [1.82, 2.24) is 9.88 Å². The Balaban J connectivity index is 3.01. The van der Waals surface area contributed by atoms with E-state index in [9.17, 15) is 0 Å². The minimum Gasteiger partial charge on any atom is -0.326 e. The van der Waals surface area contributed by atoms with E-state index in [1.165, 1.54) is 0 Å². The van der Waals surface area contributed by atoms with Gasteiger partial charge in [-0.25, -0.2) is 0 Å². The summed E-state index contributed by atoms with van der Waals surface area (Å²) in [6.45, 7) is 8.18. The second-order valence-corrected chi connectivity index (χ2v) is 5.60. The Kier molecular flexibility index (Phi) is 7.21. The lowest BCUT2D eigenvalue weighted by molar-refractivity contribution is 0.154. The minimum atomic E-state index is 0.0524. The summed E-state index contributed by atoms with van der Waals surface area (Å²) in [5.41, 5.74) is 7.48. The molecule has 4 nitrogen and oxygen atoms in total. The van der Waals surface area contributed by atoms with Crippen molar-refractivity contribution in [2.24, 2.45) is 11.7 Å². The Morgan fingerprint density at radius 3 is 2.70 bits per heavy atom. The van der Waals surface area contributed by atoms with Crippen LogP contribution in [0.4, 0.5) is 0 Å². The van der Waals surface area contributed by atoms with E-state index in [1.54, 1.807) is 6.20 Å². The number of pyridine rings is 1. The summed E-state index contributed by atoms with van der Waals surface area (Å²) in [7, 11) is 0. The lowest BCUT2D eigenvalue weighted by Gasteiger charge is -2.36. The van der Waals surface area contributed by atoms with E-state index >= 15 is 0 Å². The molecule has 1 rings (SSSR count). The van der Waals surface area contributed by atoms with Gasteiger partial charge in [-0.2, -0.15) is 5.26 Å². The van der Waals surface area contributed by atoms with E-state index < -0.39 is 0 Å². The van der Waals surface area contributed by atoms with E-state index in [2.05, 4.69) is 42.8 Å². The van der Waals surface area contributed by atoms with Crippen molar-refractivity contribution in [3.05, 3.63) is 30.1 Å². The summed E-state index contributed by atoms with van der Waals surface area (Å²) < 4.78 is 0. The van der Waals surface area contributed by atoms with E-state index in [4.69, 9.17) is 11.0 Å². The van der Waals surface area contributed by atoms with Crippen molar-refractivity contribution in [2.75, 3.05) is 13.1 Å². The lowest BCUT2D eigenvalue weighted by Crippen LogP contribution is -2.43. The van der Waals surface area contributed by atoms with Gasteiger partial charge in [0.05, 0.1) is 12.1 Å². The van der Waals surface area contributed by atoms with Gasteiger partial charge in [0.2, 0.25) is 0 Å². The zero-order valence-corrected chi connectivity index (χ0v) is 12.8. The van der Waals surface area contributed by atoms with Gasteiger partial charge in [-0.3, -0.25) is 9.88 Å². The first-order chi connectivity index (χ1) is 9.60. The van der Waals surface area contributed by atoms with Gasteiger partial charge in [0.15, 0.2) is 0 Å². The standard InChI is InChI=1S/C16H26N4/c1-4-15(18)16(14-7-5-9-19-11-14)20(10-6-8-17)12-13(2)3/h5,7,9,11,13,15-16H,4,6,10,12,18H2,1-3H3. The molecule has 0 spiro atoms. The molecule has 0 saturated heterocycles. The Bertz CT molecular complexity index is 410. The molecule has 0 aliphatic rings. The van der Waals surface area contributed by atoms with Crippen molar-refractivity contribution < 1.29 is 0 Å². The maximum absolute atomic E-state index is 8.88. The lowest BCUT2D eigenvalue weighted by atomic mass is 9.96. The van der Waals surface area contributed by atoms with Gasteiger partial charge < -0.3 is 5.73 Å². The highest BCUT2D eigenvalue weighted by Gasteiger charge is 2.26. The van der Waals surface area contributed by atoms with Gasteiger partial charge in [-0.15, -0.1) is 0 Å². The predicted octanol–water partition coefficient (Wildman–Crippen LogP) is 2.73. The minimum absolute atomic E-state index is 0.0524. The summed E-state index contributed by atoms with van der Waals surface area (Å²) in [6, 6.07) is 6.44. The quantitative estimate of drug-likeness (QED) is 0.791. The maximum Gasteiger partial charge on any atom is 0.0635 e. The fraction of sp³-hybridized carbons (Fsp3) is 0.625. The van der Waals surface area contributed by atoms with Crippen LogP contribution in [0.5, 0.6) is 0 Å². The Morgan fingerprint density at radius 2 is 2.20 bits per heavy atom. The van der Waals surface area contributed by atoms with Gasteiger partial charge in [-0.1, -0.05) is 26.8 Å². The van der Waals surface area contributed by atoms with Gasteiger partial charge in [0, 0.05) is 37.9 Å². The number of hydrogen-bond donors (Lipinski definition) is 1. The monoisotopic (exact) mass is 274 g/mol. The molecule has 0 fully saturated rings. The first kappa shape index (κ1) is 16.6. The highest BCUT2D eigenvalue weighted by atomic mass is 15.2. The maximum atomic E-state index is 8.88. The second kappa shape index (κ2) is 8.68. The molecule has 0 bridgehead atoms. The zero-order valence-electron chi connectivity index (χ0n) is 12.8. The first-order valence-electron chi connectivity index (χ1n) is 7.36. The molecule has 2 unspecified atom stereocenters. The van der Waals surface area contributed by atoms with Crippen molar-refractivity contribution in [2.45, 2.75) is 45.7 Å². The van der Waals surface area contributed by atoms with Crippen molar-refractivity contribution in [3.8, 4) is 6.07 Å². The van der Waals surface area contributed by atoms with Gasteiger partial charge in [0.1, 0.15) is 0 Å². The van der Waals surface area contributed by atoms with Crippen molar-refractivity contribution >= 4 is 0 Å². The molecule has 1 aromatic rings. The van der Waals surface area contributed by atoms with Crippen molar-refractivity contribution in [3.63, 3.8) is 0 Å². The van der Waals surface area contributed by atoms with Crippen molar-refractivity contribution in [1.29, 1.82) is 5.26 Å². The molecule has 0 aliphatic carbocycles. The Morgan fingerprint density at radius 1 is 1.45 bits per heavy atom. The zero-order chi connectivity index (χ0) is 15.0. The normalized spacial score (nSPS) is 14.2. The van der Waals surface area contributed by atoms with E-state index in [1.807, 2.05) is 12.3 Å². The van der Waals surface area contributed by atoms with Crippen LogP contribution >= 0.6 is 0 Å². The molecule has 20 heavy (non-hydrogen) atoms. The largest absolute Gasteiger partial charge is 0.326 e. The summed E-state index contributed by atoms with van der Waals surface area (Å²) in [4.78, 5) is 6.55. The molecule has 0 radical (unpaired) electrons. The van der Waals surface area contributed by atoms with Crippen LogP contribution in [-0.4, -0.2) is 29.0 Å². The van der Waals surface area contributed by atoms with Gasteiger partial charge in [0.25, 0.3) is 0 Å². The molecular formula is C16H26N4. The number of nitrogens with zero attached hydrogens (tertiary/aromatic N) is 3. The topological polar surface area (TPSA) is 65.9 Å². The molecule has 1 aromatic heterocycles. The number of nitriles is 1. The van der Waals surface area contributed by atoms with E-state index in [0.29, 0.717) is 12.3 Å². The number of rotatable bonds is 8. The van der Waals surface area contributed by atoms with Crippen LogP contribution in [0.2, 0.25) is 0 Å². The number of aromatic nitrogens is 1. The molecule has 0 aliphatic heterocycles. The van der Waals surface area contributed by atoms with Crippen LogP contribution in [0.3, 0.4) is 0 Å². The molecule has 1 heterocycles. The van der Waals surface area contributed by atoms with Gasteiger partial charge >= 0.3 is 0 Å². The first-order valence-corrected chi connectivity index (χ1v) is 7.36. The summed E-state index contributed by atoms with van der Waals surface area (Å²) in [5.74, 6) is 0.539.